The van der Waals surface area contributed by atoms with E-state index in [0.717, 1.165) is 40.5 Å². The SMILES string of the molecule is CC.CC.CC/C=c1\ccc(Cc2cncc(C(=O)NCC(=N)c3cc(C)ccc3N)c2)c\c1=C\N=C(C)C(C)CC. The molecule has 0 saturated carbocycles. The molecular weight excluding hydrogens is 518 g/mol. The number of nitrogens with two attached hydrogens (primary N) is 1. The fraction of sp³-hybridized carbons (Fsp3) is 0.389. The van der Waals surface area contributed by atoms with Crippen LogP contribution >= 0.6 is 0 Å². The molecule has 42 heavy (non-hydrogen) atoms. The summed E-state index contributed by atoms with van der Waals surface area (Å²) < 4.78 is 0. The van der Waals surface area contributed by atoms with Gasteiger partial charge in [-0.1, -0.05) is 78.3 Å². The van der Waals surface area contributed by atoms with E-state index in [-0.39, 0.29) is 18.2 Å². The van der Waals surface area contributed by atoms with Crippen molar-refractivity contribution < 1.29 is 4.79 Å². The van der Waals surface area contributed by atoms with Crippen molar-refractivity contribution in [3.8, 4) is 0 Å². The van der Waals surface area contributed by atoms with E-state index < -0.39 is 0 Å². The van der Waals surface area contributed by atoms with E-state index in [0.29, 0.717) is 29.2 Å². The summed E-state index contributed by atoms with van der Waals surface area (Å²) in [6.07, 6.45) is 10.2. The second kappa shape index (κ2) is 19.1. The Morgan fingerprint density at radius 2 is 1.74 bits per heavy atom. The third-order valence-corrected chi connectivity index (χ3v) is 6.73. The number of rotatable bonds is 10. The highest BCUT2D eigenvalue weighted by Gasteiger charge is 2.11. The number of amides is 1. The molecule has 0 bridgehead atoms. The standard InChI is InChI=1S/C32H39N5O.2C2H6/c1-6-8-26-11-10-24(15-27(26)19-36-23(5)22(4)7-2)14-25-16-28(18-35-17-25)32(38)37-20-31(34)29-13-21(3)9-12-30(29)33;2*1-2/h8-13,15-19,22,34H,6-7,14,20,33H2,1-5H3,(H,37,38);2*1-2H3/b26-8+,27-19-,34-31?,36-23?;;. The Balaban J connectivity index is 0.00000211. The number of pyridine rings is 1. The lowest BCUT2D eigenvalue weighted by Crippen LogP contribution is -2.30. The van der Waals surface area contributed by atoms with Crippen LogP contribution in [0.15, 0.2) is 59.9 Å². The number of benzene rings is 2. The maximum atomic E-state index is 12.8. The molecule has 2 aromatic carbocycles. The number of aryl methyl sites for hydroxylation is 1. The highest BCUT2D eigenvalue weighted by atomic mass is 16.1. The largest absolute Gasteiger partial charge is 0.398 e. The molecule has 0 aliphatic carbocycles. The van der Waals surface area contributed by atoms with Gasteiger partial charge in [0.15, 0.2) is 0 Å². The van der Waals surface area contributed by atoms with Gasteiger partial charge in [0.2, 0.25) is 0 Å². The van der Waals surface area contributed by atoms with Crippen molar-refractivity contribution in [2.24, 2.45) is 10.9 Å². The Morgan fingerprint density at radius 3 is 2.40 bits per heavy atom. The fourth-order valence-electron chi connectivity index (χ4n) is 4.09. The smallest absolute Gasteiger partial charge is 0.253 e. The topological polar surface area (TPSA) is 104 Å². The number of aliphatic imine (C=N–C) groups is 1. The highest BCUT2D eigenvalue weighted by Crippen LogP contribution is 2.14. The summed E-state index contributed by atoms with van der Waals surface area (Å²) in [5, 5.41) is 13.4. The number of nitrogen functional groups attached to an aromatic ring is 1. The maximum Gasteiger partial charge on any atom is 0.253 e. The first kappa shape index (κ1) is 36.0. The van der Waals surface area contributed by atoms with Crippen LogP contribution in [-0.4, -0.2) is 28.9 Å². The summed E-state index contributed by atoms with van der Waals surface area (Å²) in [6.45, 7) is 18.6. The summed E-state index contributed by atoms with van der Waals surface area (Å²) in [5.41, 5.74) is 12.1. The predicted octanol–water partition coefficient (Wildman–Crippen LogP) is 6.85. The normalized spacial score (nSPS) is 12.5. The summed E-state index contributed by atoms with van der Waals surface area (Å²) in [7, 11) is 0. The Morgan fingerprint density at radius 1 is 1.02 bits per heavy atom. The number of carbonyl (C=O) groups is 1. The predicted molar refractivity (Wildman–Crippen MR) is 182 cm³/mol. The quantitative estimate of drug-likeness (QED) is 0.184. The molecule has 3 aromatic rings. The maximum absolute atomic E-state index is 12.8. The molecule has 0 fully saturated rings. The number of hydrogen-bond acceptors (Lipinski definition) is 5. The zero-order chi connectivity index (χ0) is 31.7. The highest BCUT2D eigenvalue weighted by molar-refractivity contribution is 6.06. The van der Waals surface area contributed by atoms with Crippen LogP contribution in [0.4, 0.5) is 5.69 Å². The molecular formula is C36H51N5O. The van der Waals surface area contributed by atoms with Crippen LogP contribution in [0.5, 0.6) is 0 Å². The number of carbonyl (C=O) groups excluding carboxylic acids is 1. The van der Waals surface area contributed by atoms with Gasteiger partial charge < -0.3 is 16.5 Å². The van der Waals surface area contributed by atoms with Gasteiger partial charge in [0, 0.05) is 35.6 Å². The van der Waals surface area contributed by atoms with Gasteiger partial charge in [-0.15, -0.1) is 0 Å². The van der Waals surface area contributed by atoms with Gasteiger partial charge in [-0.2, -0.15) is 0 Å². The average Bonchev–Trinajstić information content (AvgIpc) is 3.02. The van der Waals surface area contributed by atoms with E-state index in [2.05, 4.69) is 62.3 Å². The molecule has 1 unspecified atom stereocenters. The van der Waals surface area contributed by atoms with Gasteiger partial charge in [-0.25, -0.2) is 0 Å². The fourth-order valence-corrected chi connectivity index (χ4v) is 4.09. The first-order valence-corrected chi connectivity index (χ1v) is 15.2. The van der Waals surface area contributed by atoms with Crippen molar-refractivity contribution in [1.29, 1.82) is 5.41 Å². The van der Waals surface area contributed by atoms with Crippen LogP contribution < -0.4 is 21.5 Å². The molecule has 0 aliphatic rings. The Kier molecular flexibility index (Phi) is 16.4. The first-order valence-electron chi connectivity index (χ1n) is 15.2. The van der Waals surface area contributed by atoms with Crippen molar-refractivity contribution in [3.05, 3.63) is 93.1 Å². The van der Waals surface area contributed by atoms with Gasteiger partial charge >= 0.3 is 0 Å². The van der Waals surface area contributed by atoms with Crippen LogP contribution in [-0.2, 0) is 6.42 Å². The van der Waals surface area contributed by atoms with Crippen LogP contribution in [0.2, 0.25) is 0 Å². The number of aromatic nitrogens is 1. The summed E-state index contributed by atoms with van der Waals surface area (Å²) in [6, 6.07) is 13.8. The van der Waals surface area contributed by atoms with Crippen molar-refractivity contribution in [1.82, 2.24) is 10.3 Å². The molecule has 0 spiro atoms. The molecule has 6 heteroatoms. The zero-order valence-electron chi connectivity index (χ0n) is 27.1. The number of anilines is 1. The molecule has 1 amide bonds. The van der Waals surface area contributed by atoms with E-state index in [1.807, 2.05) is 59.0 Å². The second-order valence-electron chi connectivity index (χ2n) is 9.80. The van der Waals surface area contributed by atoms with E-state index in [1.54, 1.807) is 18.5 Å². The minimum atomic E-state index is -0.271. The molecule has 4 N–H and O–H groups in total. The van der Waals surface area contributed by atoms with Crippen LogP contribution in [0.1, 0.15) is 101 Å². The van der Waals surface area contributed by atoms with Gasteiger partial charge in [0.05, 0.1) is 17.8 Å². The summed E-state index contributed by atoms with van der Waals surface area (Å²) >= 11 is 0. The molecule has 0 aliphatic heterocycles. The molecule has 226 valence electrons. The average molecular weight is 570 g/mol. The zero-order valence-corrected chi connectivity index (χ0v) is 27.1. The molecule has 0 radical (unpaired) electrons. The number of nitrogens with one attached hydrogen (secondary N) is 2. The van der Waals surface area contributed by atoms with Crippen LogP contribution in [0.3, 0.4) is 0 Å². The molecule has 6 nitrogen and oxygen atoms in total. The summed E-state index contributed by atoms with van der Waals surface area (Å²) in [5.74, 6) is 0.179. The van der Waals surface area contributed by atoms with Crippen molar-refractivity contribution in [2.75, 3.05) is 12.3 Å². The number of hydrogen-bond donors (Lipinski definition) is 3. The minimum absolute atomic E-state index is 0.0852. The van der Waals surface area contributed by atoms with Crippen molar-refractivity contribution in [3.63, 3.8) is 0 Å². The third-order valence-electron chi connectivity index (χ3n) is 6.73. The lowest BCUT2D eigenvalue weighted by molar-refractivity contribution is 0.0959. The molecule has 1 aromatic heterocycles. The molecule has 1 atom stereocenters. The lowest BCUT2D eigenvalue weighted by atomic mass is 10.0. The van der Waals surface area contributed by atoms with E-state index in [4.69, 9.17) is 16.1 Å². The minimum Gasteiger partial charge on any atom is -0.398 e. The first-order chi connectivity index (χ1) is 20.2. The van der Waals surface area contributed by atoms with E-state index in [9.17, 15) is 4.79 Å². The molecule has 0 saturated heterocycles. The number of nitrogens with zero attached hydrogens (tertiary/aromatic N) is 2. The van der Waals surface area contributed by atoms with E-state index in [1.165, 1.54) is 5.22 Å². The van der Waals surface area contributed by atoms with Gasteiger partial charge in [-0.3, -0.25) is 14.8 Å². The van der Waals surface area contributed by atoms with Gasteiger partial charge in [0.25, 0.3) is 5.91 Å². The van der Waals surface area contributed by atoms with Crippen LogP contribution in [0.25, 0.3) is 12.3 Å². The van der Waals surface area contributed by atoms with Gasteiger partial charge in [0.1, 0.15) is 0 Å². The van der Waals surface area contributed by atoms with Crippen LogP contribution in [0, 0.1) is 18.3 Å². The van der Waals surface area contributed by atoms with Crippen molar-refractivity contribution in [2.45, 2.75) is 81.6 Å². The Hall–Kier alpha value is -4.06. The molecule has 3 rings (SSSR count). The third kappa shape index (κ3) is 11.1. The van der Waals surface area contributed by atoms with Gasteiger partial charge in [-0.05, 0) is 84.9 Å². The summed E-state index contributed by atoms with van der Waals surface area (Å²) in [4.78, 5) is 21.9. The van der Waals surface area contributed by atoms with Crippen molar-refractivity contribution >= 4 is 35.3 Å². The second-order valence-corrected chi connectivity index (χ2v) is 9.80. The van der Waals surface area contributed by atoms with E-state index >= 15 is 0 Å². The Bertz CT molecular complexity index is 1460. The lowest BCUT2D eigenvalue weighted by Gasteiger charge is -2.10. The molecule has 1 heterocycles. The monoisotopic (exact) mass is 569 g/mol. The Labute approximate surface area is 253 Å².